The molecule has 10 nitrogen and oxygen atoms in total. The van der Waals surface area contributed by atoms with Crippen molar-refractivity contribution < 1.29 is 19.1 Å². The SMILES string of the molecule is CCN1CCCC1CN(Cc1ccc(C(=O)Nc2cscc2NC(=O)OC(C)(C)C)nc1)C(=O)NC1CCCC1. The van der Waals surface area contributed by atoms with Gasteiger partial charge in [-0.1, -0.05) is 25.8 Å². The molecule has 4 amide bonds. The minimum atomic E-state index is -0.631. The van der Waals surface area contributed by atoms with E-state index in [0.29, 0.717) is 30.5 Å². The topological polar surface area (TPSA) is 116 Å². The summed E-state index contributed by atoms with van der Waals surface area (Å²) < 4.78 is 5.30. The number of carbonyl (C=O) groups excluding carboxylic acids is 3. The molecule has 11 heteroatoms. The first-order chi connectivity index (χ1) is 19.1. The normalized spacial score (nSPS) is 17.9. The zero-order valence-corrected chi connectivity index (χ0v) is 24.8. The lowest BCUT2D eigenvalue weighted by molar-refractivity contribution is 0.0635. The molecule has 1 saturated heterocycles. The van der Waals surface area contributed by atoms with Crippen molar-refractivity contribution in [3.8, 4) is 0 Å². The van der Waals surface area contributed by atoms with Gasteiger partial charge in [0.1, 0.15) is 11.3 Å². The number of rotatable bonds is 9. The smallest absolute Gasteiger partial charge is 0.412 e. The lowest BCUT2D eigenvalue weighted by Gasteiger charge is -2.31. The number of ether oxygens (including phenoxy) is 1. The van der Waals surface area contributed by atoms with E-state index in [1.807, 2.05) is 11.0 Å². The summed E-state index contributed by atoms with van der Waals surface area (Å²) in [6, 6.07) is 4.08. The number of nitrogens with one attached hydrogen (secondary N) is 3. The van der Waals surface area contributed by atoms with Crippen LogP contribution in [-0.4, -0.2) is 70.1 Å². The third kappa shape index (κ3) is 8.41. The molecule has 3 N–H and O–H groups in total. The Kier molecular flexibility index (Phi) is 10.0. The third-order valence-electron chi connectivity index (χ3n) is 7.28. The zero-order chi connectivity index (χ0) is 28.7. The van der Waals surface area contributed by atoms with E-state index in [0.717, 1.165) is 57.2 Å². The molecule has 40 heavy (non-hydrogen) atoms. The molecule has 1 unspecified atom stereocenters. The number of aromatic nitrogens is 1. The van der Waals surface area contributed by atoms with E-state index in [1.165, 1.54) is 11.3 Å². The minimum absolute atomic E-state index is 0.0286. The van der Waals surface area contributed by atoms with Crippen molar-refractivity contribution in [3.05, 3.63) is 40.3 Å². The fourth-order valence-corrected chi connectivity index (χ4v) is 6.00. The first-order valence-electron chi connectivity index (χ1n) is 14.2. The quantitative estimate of drug-likeness (QED) is 0.357. The van der Waals surface area contributed by atoms with Crippen molar-refractivity contribution in [1.82, 2.24) is 20.1 Å². The van der Waals surface area contributed by atoms with Gasteiger partial charge in [-0.05, 0) is 71.2 Å². The van der Waals surface area contributed by atoms with Crippen LogP contribution in [0.15, 0.2) is 29.1 Å². The molecule has 1 aliphatic carbocycles. The van der Waals surface area contributed by atoms with Crippen molar-refractivity contribution in [1.29, 1.82) is 0 Å². The highest BCUT2D eigenvalue weighted by Crippen LogP contribution is 2.28. The van der Waals surface area contributed by atoms with E-state index in [2.05, 4.69) is 32.8 Å². The maximum absolute atomic E-state index is 13.3. The van der Waals surface area contributed by atoms with Crippen LogP contribution in [0.25, 0.3) is 0 Å². The van der Waals surface area contributed by atoms with Crippen molar-refractivity contribution in [3.63, 3.8) is 0 Å². The van der Waals surface area contributed by atoms with Crippen LogP contribution in [0.4, 0.5) is 21.0 Å². The maximum atomic E-state index is 13.3. The Morgan fingerprint density at radius 3 is 2.45 bits per heavy atom. The van der Waals surface area contributed by atoms with Gasteiger partial charge in [0.2, 0.25) is 0 Å². The lowest BCUT2D eigenvalue weighted by atomic mass is 10.1. The van der Waals surface area contributed by atoms with Crippen LogP contribution in [-0.2, 0) is 11.3 Å². The van der Waals surface area contributed by atoms with Crippen LogP contribution in [0.5, 0.6) is 0 Å². The average Bonchev–Trinajstić information content (AvgIpc) is 3.66. The molecule has 2 fully saturated rings. The second-order valence-electron chi connectivity index (χ2n) is 11.6. The van der Waals surface area contributed by atoms with Crippen molar-refractivity contribution in [2.24, 2.45) is 0 Å². The van der Waals surface area contributed by atoms with Crippen molar-refractivity contribution in [2.75, 3.05) is 30.3 Å². The fourth-order valence-electron chi connectivity index (χ4n) is 5.29. The summed E-state index contributed by atoms with van der Waals surface area (Å²) >= 11 is 1.35. The van der Waals surface area contributed by atoms with E-state index < -0.39 is 17.6 Å². The van der Waals surface area contributed by atoms with Gasteiger partial charge in [-0.15, -0.1) is 11.3 Å². The Morgan fingerprint density at radius 2 is 1.80 bits per heavy atom. The number of likely N-dealkylation sites (N-methyl/N-ethyl adjacent to an activating group) is 1. The van der Waals surface area contributed by atoms with E-state index in [-0.39, 0.29) is 17.8 Å². The summed E-state index contributed by atoms with van der Waals surface area (Å²) in [5, 5.41) is 12.2. The van der Waals surface area contributed by atoms with Gasteiger partial charge in [-0.2, -0.15) is 0 Å². The highest BCUT2D eigenvalue weighted by Gasteiger charge is 2.29. The number of nitrogens with zero attached hydrogens (tertiary/aromatic N) is 3. The Balaban J connectivity index is 1.39. The third-order valence-corrected chi connectivity index (χ3v) is 8.03. The zero-order valence-electron chi connectivity index (χ0n) is 24.0. The molecular weight excluding hydrogens is 528 g/mol. The second kappa shape index (κ2) is 13.5. The van der Waals surface area contributed by atoms with Gasteiger partial charge in [0.25, 0.3) is 5.91 Å². The molecule has 0 bridgehead atoms. The van der Waals surface area contributed by atoms with Crippen LogP contribution >= 0.6 is 11.3 Å². The Bertz CT molecular complexity index is 1160. The fraction of sp³-hybridized carbons (Fsp3) is 0.586. The van der Waals surface area contributed by atoms with Crippen LogP contribution in [0, 0.1) is 0 Å². The summed E-state index contributed by atoms with van der Waals surface area (Å²) in [6.45, 7) is 10.7. The van der Waals surface area contributed by atoms with E-state index >= 15 is 0 Å². The standard InChI is InChI=1S/C29H42N6O4S/c1-5-34-14-8-11-22(34)17-35(27(37)31-21-9-6-7-10-21)16-20-12-13-23(30-15-20)26(36)32-24-18-40-19-25(24)33-28(38)39-29(2,3)4/h12-13,15,18-19,21-22H,5-11,14,16-17H2,1-4H3,(H,31,37)(H,32,36)(H,33,38). The summed E-state index contributed by atoms with van der Waals surface area (Å²) in [6.07, 6.45) is 7.70. The number of hydrogen-bond acceptors (Lipinski definition) is 7. The molecule has 4 rings (SSSR count). The number of carbonyl (C=O) groups is 3. The predicted octanol–water partition coefficient (Wildman–Crippen LogP) is 5.68. The average molecular weight is 571 g/mol. The molecule has 2 aromatic heterocycles. The number of anilines is 2. The van der Waals surface area contributed by atoms with Gasteiger partial charge in [0.05, 0.1) is 11.4 Å². The molecule has 2 aromatic rings. The molecule has 2 aliphatic rings. The largest absolute Gasteiger partial charge is 0.444 e. The Hall–Kier alpha value is -3.18. The van der Waals surface area contributed by atoms with E-state index in [9.17, 15) is 14.4 Å². The summed E-state index contributed by atoms with van der Waals surface area (Å²) in [4.78, 5) is 47.1. The number of hydrogen-bond donors (Lipinski definition) is 3. The van der Waals surface area contributed by atoms with Crippen LogP contribution in [0.2, 0.25) is 0 Å². The molecule has 218 valence electrons. The number of urea groups is 1. The van der Waals surface area contributed by atoms with Gasteiger partial charge in [-0.25, -0.2) is 9.59 Å². The molecule has 1 aliphatic heterocycles. The van der Waals surface area contributed by atoms with E-state index in [4.69, 9.17) is 4.74 Å². The van der Waals surface area contributed by atoms with Crippen molar-refractivity contribution in [2.45, 2.75) is 90.4 Å². The van der Waals surface area contributed by atoms with Crippen molar-refractivity contribution >= 4 is 40.7 Å². The number of amides is 4. The highest BCUT2D eigenvalue weighted by atomic mass is 32.1. The molecule has 3 heterocycles. The molecular formula is C29H42N6O4S. The van der Waals surface area contributed by atoms with Crippen LogP contribution < -0.4 is 16.0 Å². The molecule has 1 saturated carbocycles. The van der Waals surface area contributed by atoms with Gasteiger partial charge < -0.3 is 20.3 Å². The van der Waals surface area contributed by atoms with Gasteiger partial charge >= 0.3 is 12.1 Å². The molecule has 0 aromatic carbocycles. The summed E-state index contributed by atoms with van der Waals surface area (Å²) in [5.41, 5.74) is 1.41. The van der Waals surface area contributed by atoms with Gasteiger partial charge in [0, 0.05) is 42.1 Å². The van der Waals surface area contributed by atoms with Gasteiger partial charge in [0.15, 0.2) is 0 Å². The monoisotopic (exact) mass is 570 g/mol. The van der Waals surface area contributed by atoms with Crippen LogP contribution in [0.1, 0.15) is 82.3 Å². The lowest BCUT2D eigenvalue weighted by Crippen LogP contribution is -2.48. The highest BCUT2D eigenvalue weighted by molar-refractivity contribution is 7.09. The number of thiophene rings is 1. The minimum Gasteiger partial charge on any atom is -0.444 e. The Morgan fingerprint density at radius 1 is 1.07 bits per heavy atom. The first kappa shape index (κ1) is 29.8. The Labute approximate surface area is 240 Å². The predicted molar refractivity (Wildman–Crippen MR) is 158 cm³/mol. The molecule has 1 atom stereocenters. The van der Waals surface area contributed by atoms with Crippen LogP contribution in [0.3, 0.4) is 0 Å². The first-order valence-corrected chi connectivity index (χ1v) is 15.2. The maximum Gasteiger partial charge on any atom is 0.412 e. The molecule has 0 radical (unpaired) electrons. The summed E-state index contributed by atoms with van der Waals surface area (Å²) in [7, 11) is 0. The number of likely N-dealkylation sites (tertiary alicyclic amines) is 1. The van der Waals surface area contributed by atoms with E-state index in [1.54, 1.807) is 43.8 Å². The van der Waals surface area contributed by atoms with Gasteiger partial charge in [-0.3, -0.25) is 20.0 Å². The number of pyridine rings is 1. The summed E-state index contributed by atoms with van der Waals surface area (Å²) in [5.74, 6) is -0.391. The second-order valence-corrected chi connectivity index (χ2v) is 12.3. The molecule has 0 spiro atoms.